The van der Waals surface area contributed by atoms with Gasteiger partial charge in [0.2, 0.25) is 0 Å². The van der Waals surface area contributed by atoms with Crippen LogP contribution >= 0.6 is 0 Å². The van der Waals surface area contributed by atoms with Gasteiger partial charge in [-0.25, -0.2) is 0 Å². The number of aryl methyl sites for hydroxylation is 1. The van der Waals surface area contributed by atoms with Gasteiger partial charge in [-0.2, -0.15) is 0 Å². The molecular weight excluding hydrogens is 224 g/mol. The summed E-state index contributed by atoms with van der Waals surface area (Å²) in [5, 5.41) is 3.33. The first-order valence-corrected chi connectivity index (χ1v) is 6.89. The van der Waals surface area contributed by atoms with Crippen molar-refractivity contribution in [2.75, 3.05) is 6.54 Å². The van der Waals surface area contributed by atoms with Crippen LogP contribution in [0.1, 0.15) is 51.4 Å². The summed E-state index contributed by atoms with van der Waals surface area (Å²) < 4.78 is 1.91. The molecule has 0 radical (unpaired) electrons. The molecule has 3 heteroatoms. The normalized spacial score (nSPS) is 13.0. The zero-order chi connectivity index (χ0) is 13.7. The summed E-state index contributed by atoms with van der Waals surface area (Å²) in [7, 11) is 0. The Hall–Kier alpha value is -1.09. The number of rotatable bonds is 6. The molecule has 0 spiro atoms. The van der Waals surface area contributed by atoms with Crippen molar-refractivity contribution >= 4 is 0 Å². The van der Waals surface area contributed by atoms with Gasteiger partial charge in [0.25, 0.3) is 5.56 Å². The van der Waals surface area contributed by atoms with Crippen molar-refractivity contribution in [1.82, 2.24) is 9.88 Å². The highest BCUT2D eigenvalue weighted by Gasteiger charge is 2.10. The van der Waals surface area contributed by atoms with E-state index in [1.165, 1.54) is 0 Å². The molecule has 1 unspecified atom stereocenters. The highest BCUT2D eigenvalue weighted by atomic mass is 16.1. The molecule has 0 amide bonds. The van der Waals surface area contributed by atoms with Gasteiger partial charge in [0.05, 0.1) is 0 Å². The summed E-state index contributed by atoms with van der Waals surface area (Å²) in [6, 6.07) is 4.26. The Morgan fingerprint density at radius 3 is 2.50 bits per heavy atom. The summed E-state index contributed by atoms with van der Waals surface area (Å²) in [5.41, 5.74) is 2.06. The monoisotopic (exact) mass is 250 g/mol. The molecular formula is C15H26N2O. The average Bonchev–Trinajstić information content (AvgIpc) is 2.31. The molecule has 102 valence electrons. The highest BCUT2D eigenvalue weighted by Crippen LogP contribution is 2.10. The molecule has 0 aromatic carbocycles. The van der Waals surface area contributed by atoms with E-state index in [9.17, 15) is 4.79 Å². The second-order valence-corrected chi connectivity index (χ2v) is 5.46. The molecule has 1 N–H and O–H groups in total. The van der Waals surface area contributed by atoms with Crippen LogP contribution in [-0.4, -0.2) is 11.1 Å². The van der Waals surface area contributed by atoms with E-state index in [0.717, 1.165) is 24.2 Å². The van der Waals surface area contributed by atoms with Gasteiger partial charge >= 0.3 is 0 Å². The largest absolute Gasteiger partial charge is 0.312 e. The van der Waals surface area contributed by atoms with Crippen LogP contribution in [0.5, 0.6) is 0 Å². The smallest absolute Gasteiger partial charge is 0.255 e. The van der Waals surface area contributed by atoms with Crippen LogP contribution in [0.3, 0.4) is 0 Å². The van der Waals surface area contributed by atoms with E-state index in [-0.39, 0.29) is 11.6 Å². The number of pyridine rings is 1. The fourth-order valence-corrected chi connectivity index (χ4v) is 2.05. The molecule has 1 rings (SSSR count). The predicted molar refractivity (Wildman–Crippen MR) is 77.0 cm³/mol. The molecule has 1 aromatic rings. The van der Waals surface area contributed by atoms with E-state index >= 15 is 0 Å². The third kappa shape index (κ3) is 3.70. The Kier molecular flexibility index (Phi) is 5.60. The quantitative estimate of drug-likeness (QED) is 0.842. The molecule has 0 fully saturated rings. The standard InChI is InChI=1S/C15H26N2O/c1-6-12(4)17-13(5)7-8-14(15(17)18)10-16-9-11(2)3/h7-8,11-12,16H,6,9-10H2,1-5H3. The second-order valence-electron chi connectivity index (χ2n) is 5.46. The van der Waals surface area contributed by atoms with Crippen molar-refractivity contribution < 1.29 is 0 Å². The van der Waals surface area contributed by atoms with Gasteiger partial charge in [-0.3, -0.25) is 4.79 Å². The van der Waals surface area contributed by atoms with E-state index in [0.29, 0.717) is 12.5 Å². The zero-order valence-corrected chi connectivity index (χ0v) is 12.3. The first-order chi connectivity index (χ1) is 8.47. The maximum atomic E-state index is 12.4. The van der Waals surface area contributed by atoms with Gasteiger partial charge in [0.15, 0.2) is 0 Å². The van der Waals surface area contributed by atoms with Crippen LogP contribution in [0.15, 0.2) is 16.9 Å². The molecule has 3 nitrogen and oxygen atoms in total. The second kappa shape index (κ2) is 6.74. The van der Waals surface area contributed by atoms with Gasteiger partial charge in [0.1, 0.15) is 0 Å². The molecule has 0 aliphatic rings. The molecule has 0 bridgehead atoms. The molecule has 1 atom stereocenters. The molecule has 1 aromatic heterocycles. The Balaban J connectivity index is 2.91. The minimum absolute atomic E-state index is 0.153. The van der Waals surface area contributed by atoms with Crippen molar-refractivity contribution in [2.24, 2.45) is 5.92 Å². The van der Waals surface area contributed by atoms with Crippen LogP contribution < -0.4 is 10.9 Å². The number of hydrogen-bond donors (Lipinski definition) is 1. The summed E-state index contributed by atoms with van der Waals surface area (Å²) in [6.07, 6.45) is 0.976. The minimum Gasteiger partial charge on any atom is -0.312 e. The fraction of sp³-hybridized carbons (Fsp3) is 0.667. The Bertz CT molecular complexity index is 435. The fourth-order valence-electron chi connectivity index (χ4n) is 2.05. The minimum atomic E-state index is 0.153. The van der Waals surface area contributed by atoms with Gasteiger partial charge < -0.3 is 9.88 Å². The lowest BCUT2D eigenvalue weighted by Gasteiger charge is -2.18. The third-order valence-corrected chi connectivity index (χ3v) is 3.30. The summed E-state index contributed by atoms with van der Waals surface area (Å²) in [4.78, 5) is 12.4. The molecule has 1 heterocycles. The van der Waals surface area contributed by atoms with Crippen molar-refractivity contribution in [3.8, 4) is 0 Å². The lowest BCUT2D eigenvalue weighted by atomic mass is 10.1. The van der Waals surface area contributed by atoms with E-state index in [2.05, 4.69) is 33.0 Å². The third-order valence-electron chi connectivity index (χ3n) is 3.30. The number of hydrogen-bond acceptors (Lipinski definition) is 2. The molecule has 0 saturated carbocycles. The molecule has 0 aliphatic heterocycles. The van der Waals surface area contributed by atoms with Crippen LogP contribution in [0.2, 0.25) is 0 Å². The molecule has 0 saturated heterocycles. The number of aromatic nitrogens is 1. The van der Waals surface area contributed by atoms with Crippen molar-refractivity contribution in [3.63, 3.8) is 0 Å². The van der Waals surface area contributed by atoms with Gasteiger partial charge in [-0.05, 0) is 38.8 Å². The van der Waals surface area contributed by atoms with Crippen LogP contribution in [-0.2, 0) is 6.54 Å². The van der Waals surface area contributed by atoms with Gasteiger partial charge in [-0.1, -0.05) is 26.8 Å². The zero-order valence-electron chi connectivity index (χ0n) is 12.3. The van der Waals surface area contributed by atoms with Crippen LogP contribution in [0.25, 0.3) is 0 Å². The van der Waals surface area contributed by atoms with E-state index in [1.807, 2.05) is 23.6 Å². The van der Waals surface area contributed by atoms with E-state index in [1.54, 1.807) is 0 Å². The first-order valence-electron chi connectivity index (χ1n) is 6.89. The Morgan fingerprint density at radius 1 is 1.28 bits per heavy atom. The van der Waals surface area contributed by atoms with Gasteiger partial charge in [-0.15, -0.1) is 0 Å². The van der Waals surface area contributed by atoms with Crippen LogP contribution in [0.4, 0.5) is 0 Å². The first kappa shape index (κ1) is 15.0. The summed E-state index contributed by atoms with van der Waals surface area (Å²) in [5.74, 6) is 0.604. The van der Waals surface area contributed by atoms with Gasteiger partial charge in [0, 0.05) is 23.8 Å². The SMILES string of the molecule is CCC(C)n1c(C)ccc(CNCC(C)C)c1=O. The topological polar surface area (TPSA) is 34.0 Å². The molecule has 0 aliphatic carbocycles. The predicted octanol–water partition coefficient (Wildman–Crippen LogP) is 2.87. The van der Waals surface area contributed by atoms with Crippen LogP contribution in [0, 0.1) is 12.8 Å². The van der Waals surface area contributed by atoms with Crippen molar-refractivity contribution in [3.05, 3.63) is 33.7 Å². The maximum absolute atomic E-state index is 12.4. The Morgan fingerprint density at radius 2 is 1.94 bits per heavy atom. The lowest BCUT2D eigenvalue weighted by Crippen LogP contribution is -2.31. The molecule has 18 heavy (non-hydrogen) atoms. The highest BCUT2D eigenvalue weighted by molar-refractivity contribution is 5.16. The number of nitrogens with zero attached hydrogens (tertiary/aromatic N) is 1. The van der Waals surface area contributed by atoms with Crippen molar-refractivity contribution in [1.29, 1.82) is 0 Å². The summed E-state index contributed by atoms with van der Waals surface area (Å²) in [6.45, 7) is 12.1. The van der Waals surface area contributed by atoms with Crippen molar-refractivity contribution in [2.45, 2.75) is 53.6 Å². The Labute approximate surface area is 110 Å². The van der Waals surface area contributed by atoms with E-state index in [4.69, 9.17) is 0 Å². The van der Waals surface area contributed by atoms with E-state index < -0.39 is 0 Å². The number of nitrogens with one attached hydrogen (secondary N) is 1. The maximum Gasteiger partial charge on any atom is 0.255 e. The summed E-state index contributed by atoms with van der Waals surface area (Å²) >= 11 is 0. The average molecular weight is 250 g/mol. The lowest BCUT2D eigenvalue weighted by molar-refractivity contribution is 0.493.